The van der Waals surface area contributed by atoms with Crippen molar-refractivity contribution in [2.24, 2.45) is 11.8 Å². The van der Waals surface area contributed by atoms with Crippen molar-refractivity contribution in [1.82, 2.24) is 10.6 Å². The molecule has 1 aliphatic rings. The third-order valence-corrected chi connectivity index (χ3v) is 5.24. The summed E-state index contributed by atoms with van der Waals surface area (Å²) >= 11 is 0. The first-order valence-electron chi connectivity index (χ1n) is 9.86. The average Bonchev–Trinajstić information content (AvgIpc) is 2.69. The van der Waals surface area contributed by atoms with Crippen molar-refractivity contribution in [1.29, 1.82) is 0 Å². The number of benzene rings is 1. The molecule has 0 aromatic heterocycles. The maximum absolute atomic E-state index is 12.0. The molecule has 0 heterocycles. The molecule has 0 saturated heterocycles. The van der Waals surface area contributed by atoms with E-state index in [0.29, 0.717) is 29.8 Å². The normalized spacial score (nSPS) is 21.5. The lowest BCUT2D eigenvalue weighted by Gasteiger charge is -2.34. The van der Waals surface area contributed by atoms with Crippen LogP contribution in [0.3, 0.4) is 0 Å². The summed E-state index contributed by atoms with van der Waals surface area (Å²) in [6, 6.07) is 6.73. The molecule has 7 nitrogen and oxygen atoms in total. The van der Waals surface area contributed by atoms with Gasteiger partial charge in [0.1, 0.15) is 12.3 Å². The molecule has 1 saturated carbocycles. The molecule has 28 heavy (non-hydrogen) atoms. The third-order valence-electron chi connectivity index (χ3n) is 5.24. The summed E-state index contributed by atoms with van der Waals surface area (Å²) < 4.78 is 10.3. The molecule has 0 spiro atoms. The van der Waals surface area contributed by atoms with Crippen LogP contribution in [0.4, 0.5) is 0 Å². The fraction of sp³-hybridized carbons (Fsp3) is 0.571. The van der Waals surface area contributed by atoms with Gasteiger partial charge in [0.25, 0.3) is 11.8 Å². The van der Waals surface area contributed by atoms with Crippen molar-refractivity contribution in [3.63, 3.8) is 0 Å². The highest BCUT2D eigenvalue weighted by Gasteiger charge is 2.28. The summed E-state index contributed by atoms with van der Waals surface area (Å²) in [5.41, 5.74) is 0.411. The van der Waals surface area contributed by atoms with Gasteiger partial charge in [-0.15, -0.1) is 0 Å². The number of carbonyl (C=O) groups excluding carboxylic acids is 3. The first kappa shape index (κ1) is 21.7. The van der Waals surface area contributed by atoms with E-state index in [9.17, 15) is 14.4 Å². The molecular weight excluding hydrogens is 360 g/mol. The molecule has 1 fully saturated rings. The Morgan fingerprint density at radius 1 is 1.11 bits per heavy atom. The summed E-state index contributed by atoms with van der Waals surface area (Å²) in [7, 11) is 0. The molecule has 2 rings (SSSR count). The summed E-state index contributed by atoms with van der Waals surface area (Å²) in [4.78, 5) is 35.9. The largest absolute Gasteiger partial charge is 0.494 e. The Hall–Kier alpha value is -2.57. The number of amides is 2. The molecular formula is C21H30N2O5. The van der Waals surface area contributed by atoms with Gasteiger partial charge in [0, 0.05) is 11.6 Å². The van der Waals surface area contributed by atoms with Gasteiger partial charge in [-0.1, -0.05) is 26.7 Å². The van der Waals surface area contributed by atoms with E-state index in [1.165, 1.54) is 6.42 Å². The highest BCUT2D eigenvalue weighted by atomic mass is 16.5. The van der Waals surface area contributed by atoms with Crippen molar-refractivity contribution < 1.29 is 23.9 Å². The molecule has 0 bridgehead atoms. The molecule has 0 radical (unpaired) electrons. The van der Waals surface area contributed by atoms with E-state index in [4.69, 9.17) is 9.47 Å². The minimum absolute atomic E-state index is 0.120. The predicted molar refractivity (Wildman–Crippen MR) is 105 cm³/mol. The third kappa shape index (κ3) is 6.55. The summed E-state index contributed by atoms with van der Waals surface area (Å²) in [5, 5.41) is 5.43. The molecule has 2 N–H and O–H groups in total. The van der Waals surface area contributed by atoms with E-state index < -0.39 is 11.9 Å². The zero-order valence-corrected chi connectivity index (χ0v) is 16.8. The molecule has 7 heteroatoms. The zero-order valence-electron chi connectivity index (χ0n) is 16.8. The topological polar surface area (TPSA) is 93.7 Å². The second-order valence-corrected chi connectivity index (χ2v) is 7.24. The van der Waals surface area contributed by atoms with Crippen LogP contribution in [0.1, 0.15) is 50.4 Å². The van der Waals surface area contributed by atoms with Crippen LogP contribution in [-0.2, 0) is 14.3 Å². The van der Waals surface area contributed by atoms with Gasteiger partial charge >= 0.3 is 5.97 Å². The SMILES string of the molecule is CCOc1ccc(C(=O)NCC(=O)OCC(=O)N[C@H]2CCC[C@H](C)[C@@H]2C)cc1. The lowest BCUT2D eigenvalue weighted by atomic mass is 9.78. The van der Waals surface area contributed by atoms with Crippen molar-refractivity contribution in [3.05, 3.63) is 29.8 Å². The van der Waals surface area contributed by atoms with Gasteiger partial charge < -0.3 is 20.1 Å². The monoisotopic (exact) mass is 390 g/mol. The Kier molecular flexibility index (Phi) is 8.29. The van der Waals surface area contributed by atoms with Crippen LogP contribution in [0.5, 0.6) is 5.75 Å². The Bertz CT molecular complexity index is 674. The smallest absolute Gasteiger partial charge is 0.325 e. The van der Waals surface area contributed by atoms with E-state index in [2.05, 4.69) is 24.5 Å². The van der Waals surface area contributed by atoms with Crippen LogP contribution in [0.15, 0.2) is 24.3 Å². The van der Waals surface area contributed by atoms with Gasteiger partial charge in [-0.2, -0.15) is 0 Å². The number of hydrogen-bond acceptors (Lipinski definition) is 5. The van der Waals surface area contributed by atoms with Gasteiger partial charge in [0.2, 0.25) is 0 Å². The minimum Gasteiger partial charge on any atom is -0.494 e. The summed E-state index contributed by atoms with van der Waals surface area (Å²) in [6.07, 6.45) is 3.22. The molecule has 0 aliphatic heterocycles. The Morgan fingerprint density at radius 3 is 2.50 bits per heavy atom. The second-order valence-electron chi connectivity index (χ2n) is 7.24. The number of esters is 1. The number of nitrogens with one attached hydrogen (secondary N) is 2. The summed E-state index contributed by atoms with van der Waals surface area (Å²) in [5.74, 6) is 0.290. The van der Waals surface area contributed by atoms with Crippen LogP contribution in [0, 0.1) is 11.8 Å². The van der Waals surface area contributed by atoms with Crippen LogP contribution in [0.25, 0.3) is 0 Å². The van der Waals surface area contributed by atoms with E-state index in [0.717, 1.165) is 12.8 Å². The standard InChI is InChI=1S/C21H30N2O5/c1-4-27-17-10-8-16(9-11-17)21(26)22-12-20(25)28-13-19(24)23-18-7-5-6-14(2)15(18)3/h8-11,14-15,18H,4-7,12-13H2,1-3H3,(H,22,26)(H,23,24)/t14-,15-,18-/m0/s1. The van der Waals surface area contributed by atoms with Gasteiger partial charge in [-0.3, -0.25) is 14.4 Å². The van der Waals surface area contributed by atoms with E-state index in [-0.39, 0.29) is 25.1 Å². The summed E-state index contributed by atoms with van der Waals surface area (Å²) in [6.45, 7) is 6.12. The van der Waals surface area contributed by atoms with Gasteiger partial charge in [0.15, 0.2) is 6.61 Å². The molecule has 3 atom stereocenters. The van der Waals surface area contributed by atoms with E-state index in [1.54, 1.807) is 24.3 Å². The lowest BCUT2D eigenvalue weighted by Crippen LogP contribution is -2.45. The van der Waals surface area contributed by atoms with Gasteiger partial charge in [-0.25, -0.2) is 0 Å². The Morgan fingerprint density at radius 2 is 1.82 bits per heavy atom. The van der Waals surface area contributed by atoms with Crippen LogP contribution < -0.4 is 15.4 Å². The first-order chi connectivity index (χ1) is 13.4. The number of carbonyl (C=O) groups is 3. The average molecular weight is 390 g/mol. The highest BCUT2D eigenvalue weighted by molar-refractivity contribution is 5.96. The molecule has 1 aliphatic carbocycles. The molecule has 154 valence electrons. The fourth-order valence-electron chi connectivity index (χ4n) is 3.35. The van der Waals surface area contributed by atoms with Crippen molar-refractivity contribution in [2.45, 2.75) is 46.1 Å². The lowest BCUT2D eigenvalue weighted by molar-refractivity contribution is -0.147. The minimum atomic E-state index is -0.653. The molecule has 2 amide bonds. The van der Waals surface area contributed by atoms with Crippen molar-refractivity contribution >= 4 is 17.8 Å². The number of rotatable bonds is 8. The van der Waals surface area contributed by atoms with E-state index in [1.807, 2.05) is 6.92 Å². The van der Waals surface area contributed by atoms with E-state index >= 15 is 0 Å². The van der Waals surface area contributed by atoms with Crippen molar-refractivity contribution in [2.75, 3.05) is 19.8 Å². The number of ether oxygens (including phenoxy) is 2. The Balaban J connectivity index is 1.69. The second kappa shape index (κ2) is 10.7. The van der Waals surface area contributed by atoms with Gasteiger partial charge in [0.05, 0.1) is 6.61 Å². The molecule has 0 unspecified atom stereocenters. The first-order valence-corrected chi connectivity index (χ1v) is 9.86. The maximum atomic E-state index is 12.0. The zero-order chi connectivity index (χ0) is 20.5. The number of hydrogen-bond donors (Lipinski definition) is 2. The molecule has 1 aromatic carbocycles. The van der Waals surface area contributed by atoms with Crippen LogP contribution in [0.2, 0.25) is 0 Å². The fourth-order valence-corrected chi connectivity index (χ4v) is 3.35. The highest BCUT2D eigenvalue weighted by Crippen LogP contribution is 2.29. The quantitative estimate of drug-likeness (QED) is 0.665. The van der Waals surface area contributed by atoms with Crippen molar-refractivity contribution in [3.8, 4) is 5.75 Å². The Labute approximate surface area is 166 Å². The predicted octanol–water partition coefficient (Wildman–Crippen LogP) is 2.30. The molecule has 1 aromatic rings. The maximum Gasteiger partial charge on any atom is 0.325 e. The van der Waals surface area contributed by atoms with Gasteiger partial charge in [-0.05, 0) is 49.4 Å². The van der Waals surface area contributed by atoms with Crippen LogP contribution >= 0.6 is 0 Å². The van der Waals surface area contributed by atoms with Crippen LogP contribution in [-0.4, -0.2) is 43.6 Å².